The van der Waals surface area contributed by atoms with Gasteiger partial charge < -0.3 is 10.0 Å². The molecule has 0 aliphatic carbocycles. The number of carbonyl (C=O) groups is 1. The van der Waals surface area contributed by atoms with E-state index in [1.165, 1.54) is 0 Å². The molecule has 1 unspecified atom stereocenters. The van der Waals surface area contributed by atoms with Crippen molar-refractivity contribution in [2.45, 2.75) is 13.8 Å². The number of carboxylic acid groups (broad SMARTS) is 1. The van der Waals surface area contributed by atoms with Crippen molar-refractivity contribution in [1.82, 2.24) is 9.97 Å². The molecule has 1 aliphatic rings. The standard InChI is InChI=1S/C11H15N3O2/c1-7(11(15)16)9-5-14(6-9)10-8(2)12-3-4-13-10/h3-4,7,9H,5-6H2,1-2H3,(H,15,16). The second kappa shape index (κ2) is 4.08. The minimum atomic E-state index is -0.722. The lowest BCUT2D eigenvalue weighted by Gasteiger charge is -2.42. The largest absolute Gasteiger partial charge is 0.481 e. The van der Waals surface area contributed by atoms with Crippen molar-refractivity contribution < 1.29 is 9.90 Å². The van der Waals surface area contributed by atoms with Gasteiger partial charge in [-0.1, -0.05) is 6.92 Å². The third kappa shape index (κ3) is 1.85. The summed E-state index contributed by atoms with van der Waals surface area (Å²) in [6, 6.07) is 0. The fourth-order valence-corrected chi connectivity index (χ4v) is 1.91. The number of nitrogens with zero attached hydrogens (tertiary/aromatic N) is 3. The number of carboxylic acids is 1. The summed E-state index contributed by atoms with van der Waals surface area (Å²) in [6.45, 7) is 5.18. The molecule has 0 amide bonds. The molecule has 1 aromatic rings. The van der Waals surface area contributed by atoms with Gasteiger partial charge in [0.1, 0.15) is 5.82 Å². The molecule has 0 spiro atoms. The van der Waals surface area contributed by atoms with Gasteiger partial charge in [-0.15, -0.1) is 0 Å². The Morgan fingerprint density at radius 1 is 1.50 bits per heavy atom. The highest BCUT2D eigenvalue weighted by Gasteiger charge is 2.35. The summed E-state index contributed by atoms with van der Waals surface area (Å²) < 4.78 is 0. The zero-order valence-corrected chi connectivity index (χ0v) is 9.42. The first-order valence-corrected chi connectivity index (χ1v) is 5.35. The second-order valence-electron chi connectivity index (χ2n) is 4.26. The number of rotatable bonds is 3. The van der Waals surface area contributed by atoms with Crippen LogP contribution in [0.25, 0.3) is 0 Å². The molecule has 2 rings (SSSR count). The summed E-state index contributed by atoms with van der Waals surface area (Å²) in [5.41, 5.74) is 0.893. The van der Waals surface area contributed by atoms with Crippen molar-refractivity contribution in [3.63, 3.8) is 0 Å². The second-order valence-corrected chi connectivity index (χ2v) is 4.26. The van der Waals surface area contributed by atoms with Crippen molar-refractivity contribution in [2.24, 2.45) is 11.8 Å². The molecule has 0 aromatic carbocycles. The Morgan fingerprint density at radius 2 is 2.12 bits per heavy atom. The van der Waals surface area contributed by atoms with Crippen LogP contribution in [0.4, 0.5) is 5.82 Å². The number of hydrogen-bond donors (Lipinski definition) is 1. The predicted octanol–water partition coefficient (Wildman–Crippen LogP) is 0.942. The molecule has 0 bridgehead atoms. The predicted molar refractivity (Wildman–Crippen MR) is 59.3 cm³/mol. The first kappa shape index (κ1) is 10.9. The van der Waals surface area contributed by atoms with E-state index in [0.717, 1.165) is 24.6 Å². The molecule has 1 atom stereocenters. The van der Waals surface area contributed by atoms with Crippen LogP contribution in [0.1, 0.15) is 12.6 Å². The highest BCUT2D eigenvalue weighted by atomic mass is 16.4. The van der Waals surface area contributed by atoms with Gasteiger partial charge in [-0.3, -0.25) is 9.78 Å². The molecule has 16 heavy (non-hydrogen) atoms. The first-order chi connectivity index (χ1) is 7.59. The van der Waals surface area contributed by atoms with Crippen LogP contribution in [0.2, 0.25) is 0 Å². The maximum absolute atomic E-state index is 10.8. The third-order valence-corrected chi connectivity index (χ3v) is 3.16. The van der Waals surface area contributed by atoms with Crippen LogP contribution in [0.5, 0.6) is 0 Å². The van der Waals surface area contributed by atoms with E-state index in [4.69, 9.17) is 5.11 Å². The summed E-state index contributed by atoms with van der Waals surface area (Å²) in [7, 11) is 0. The SMILES string of the molecule is Cc1nccnc1N1CC(C(C)C(=O)O)C1. The molecule has 0 radical (unpaired) electrons. The quantitative estimate of drug-likeness (QED) is 0.822. The number of anilines is 1. The van der Waals surface area contributed by atoms with Gasteiger partial charge in [-0.2, -0.15) is 0 Å². The molecule has 5 nitrogen and oxygen atoms in total. The minimum Gasteiger partial charge on any atom is -0.481 e. The average Bonchev–Trinajstić information content (AvgIpc) is 2.18. The average molecular weight is 221 g/mol. The Balaban J connectivity index is 1.99. The van der Waals surface area contributed by atoms with Crippen molar-refractivity contribution in [3.05, 3.63) is 18.1 Å². The molecular weight excluding hydrogens is 206 g/mol. The maximum atomic E-state index is 10.8. The van der Waals surface area contributed by atoms with Crippen molar-refractivity contribution in [2.75, 3.05) is 18.0 Å². The molecular formula is C11H15N3O2. The maximum Gasteiger partial charge on any atom is 0.306 e. The monoisotopic (exact) mass is 221 g/mol. The summed E-state index contributed by atoms with van der Waals surface area (Å²) in [5.74, 6) is 0.0870. The lowest BCUT2D eigenvalue weighted by Crippen LogP contribution is -2.51. The van der Waals surface area contributed by atoms with Crippen LogP contribution in [0.15, 0.2) is 12.4 Å². The molecule has 86 valence electrons. The van der Waals surface area contributed by atoms with E-state index in [1.54, 1.807) is 19.3 Å². The highest BCUT2D eigenvalue weighted by Crippen LogP contribution is 2.29. The van der Waals surface area contributed by atoms with E-state index in [2.05, 4.69) is 14.9 Å². The third-order valence-electron chi connectivity index (χ3n) is 3.16. The summed E-state index contributed by atoms with van der Waals surface area (Å²) in [5, 5.41) is 8.88. The Labute approximate surface area is 94.1 Å². The van der Waals surface area contributed by atoms with Crippen LogP contribution in [-0.4, -0.2) is 34.1 Å². The molecule has 5 heteroatoms. The van der Waals surface area contributed by atoms with E-state index in [1.807, 2.05) is 6.92 Å². The van der Waals surface area contributed by atoms with E-state index in [0.29, 0.717) is 0 Å². The molecule has 1 aromatic heterocycles. The van der Waals surface area contributed by atoms with Gasteiger partial charge in [-0.05, 0) is 6.92 Å². The van der Waals surface area contributed by atoms with Crippen LogP contribution >= 0.6 is 0 Å². The van der Waals surface area contributed by atoms with Gasteiger partial charge in [0.25, 0.3) is 0 Å². The lowest BCUT2D eigenvalue weighted by molar-refractivity contribution is -0.143. The summed E-state index contributed by atoms with van der Waals surface area (Å²) >= 11 is 0. The molecule has 1 saturated heterocycles. The Kier molecular flexibility index (Phi) is 2.77. The number of aryl methyl sites for hydroxylation is 1. The van der Waals surface area contributed by atoms with Gasteiger partial charge in [-0.25, -0.2) is 4.98 Å². The zero-order chi connectivity index (χ0) is 11.7. The molecule has 0 saturated carbocycles. The Bertz CT molecular complexity index is 402. The summed E-state index contributed by atoms with van der Waals surface area (Å²) in [4.78, 5) is 21.3. The molecule has 1 fully saturated rings. The topological polar surface area (TPSA) is 66.3 Å². The van der Waals surface area contributed by atoms with Crippen molar-refractivity contribution >= 4 is 11.8 Å². The first-order valence-electron chi connectivity index (χ1n) is 5.35. The normalized spacial score (nSPS) is 18.0. The molecule has 2 heterocycles. The smallest absolute Gasteiger partial charge is 0.306 e. The van der Waals surface area contributed by atoms with E-state index in [-0.39, 0.29) is 11.8 Å². The van der Waals surface area contributed by atoms with Crippen LogP contribution < -0.4 is 4.90 Å². The van der Waals surface area contributed by atoms with Crippen molar-refractivity contribution in [1.29, 1.82) is 0 Å². The van der Waals surface area contributed by atoms with Crippen LogP contribution in [0, 0.1) is 18.8 Å². The fraction of sp³-hybridized carbons (Fsp3) is 0.545. The lowest BCUT2D eigenvalue weighted by atomic mass is 9.87. The van der Waals surface area contributed by atoms with Crippen LogP contribution in [-0.2, 0) is 4.79 Å². The summed E-state index contributed by atoms with van der Waals surface area (Å²) in [6.07, 6.45) is 3.33. The Hall–Kier alpha value is -1.65. The molecule has 1 N–H and O–H groups in total. The number of aromatic nitrogens is 2. The van der Waals surface area contributed by atoms with Crippen LogP contribution in [0.3, 0.4) is 0 Å². The fourth-order valence-electron chi connectivity index (χ4n) is 1.91. The zero-order valence-electron chi connectivity index (χ0n) is 9.42. The van der Waals surface area contributed by atoms with E-state index < -0.39 is 5.97 Å². The molecule has 1 aliphatic heterocycles. The highest BCUT2D eigenvalue weighted by molar-refractivity contribution is 5.70. The minimum absolute atomic E-state index is 0.221. The van der Waals surface area contributed by atoms with Gasteiger partial charge in [0.2, 0.25) is 0 Å². The van der Waals surface area contributed by atoms with E-state index >= 15 is 0 Å². The van der Waals surface area contributed by atoms with Gasteiger partial charge in [0.15, 0.2) is 0 Å². The Morgan fingerprint density at radius 3 is 2.69 bits per heavy atom. The van der Waals surface area contributed by atoms with Gasteiger partial charge in [0, 0.05) is 31.4 Å². The number of hydrogen-bond acceptors (Lipinski definition) is 4. The number of aliphatic carboxylic acids is 1. The van der Waals surface area contributed by atoms with Crippen molar-refractivity contribution in [3.8, 4) is 0 Å². The van der Waals surface area contributed by atoms with Gasteiger partial charge >= 0.3 is 5.97 Å². The van der Waals surface area contributed by atoms with Gasteiger partial charge in [0.05, 0.1) is 11.6 Å². The van der Waals surface area contributed by atoms with E-state index in [9.17, 15) is 4.79 Å².